The molecule has 2 aromatic heterocycles. The third kappa shape index (κ3) is 1.64. The van der Waals surface area contributed by atoms with Crippen LogP contribution in [0.4, 0.5) is 5.82 Å². The Bertz CT molecular complexity index is 686. The molecule has 17 heavy (non-hydrogen) atoms. The highest BCUT2D eigenvalue weighted by Crippen LogP contribution is 2.32. The number of thiazole rings is 1. The van der Waals surface area contributed by atoms with Crippen LogP contribution < -0.4 is 0 Å². The molecule has 0 N–H and O–H groups in total. The van der Waals surface area contributed by atoms with Gasteiger partial charge in [0.2, 0.25) is 5.82 Å². The summed E-state index contributed by atoms with van der Waals surface area (Å²) in [4.78, 5) is 16.1. The predicted molar refractivity (Wildman–Crippen MR) is 69.0 cm³/mol. The van der Waals surface area contributed by atoms with Crippen molar-refractivity contribution in [2.45, 2.75) is 0 Å². The monoisotopic (exact) mass is 263 g/mol. The lowest BCUT2D eigenvalue weighted by molar-refractivity contribution is 1.20. The first-order chi connectivity index (χ1) is 8.29. The number of hydrogen-bond donors (Lipinski definition) is 0. The van der Waals surface area contributed by atoms with E-state index in [0.717, 1.165) is 10.5 Å². The minimum atomic E-state index is 0.323. The minimum Gasteiger partial charge on any atom is -0.272 e. The minimum absolute atomic E-state index is 0.323. The fraction of sp³-hybridized carbons (Fsp3) is 0. The Kier molecular flexibility index (Phi) is 2.42. The summed E-state index contributed by atoms with van der Waals surface area (Å²) in [5.74, 6) is 0.323. The number of fused-ring (bicyclic) bond motifs is 1. The maximum Gasteiger partial charge on any atom is 0.210 e. The quantitative estimate of drug-likeness (QED) is 0.653. The van der Waals surface area contributed by atoms with Crippen LogP contribution in [-0.4, -0.2) is 9.38 Å². The van der Waals surface area contributed by atoms with Crippen LogP contribution in [0.3, 0.4) is 0 Å². The number of nitroso groups, excluding NO2 is 1. The lowest BCUT2D eigenvalue weighted by Gasteiger charge is -1.97. The van der Waals surface area contributed by atoms with Crippen LogP contribution in [0.25, 0.3) is 16.2 Å². The van der Waals surface area contributed by atoms with Gasteiger partial charge in [-0.1, -0.05) is 23.7 Å². The Morgan fingerprint density at radius 1 is 1.29 bits per heavy atom. The summed E-state index contributed by atoms with van der Waals surface area (Å²) in [6, 6.07) is 7.17. The number of rotatable bonds is 2. The van der Waals surface area contributed by atoms with Gasteiger partial charge in [0.05, 0.1) is 0 Å². The molecule has 0 bridgehead atoms. The molecule has 0 spiro atoms. The van der Waals surface area contributed by atoms with Crippen molar-refractivity contribution in [1.82, 2.24) is 9.38 Å². The van der Waals surface area contributed by atoms with Gasteiger partial charge in [-0.25, -0.2) is 4.98 Å². The van der Waals surface area contributed by atoms with Crippen LogP contribution in [0.2, 0.25) is 5.02 Å². The van der Waals surface area contributed by atoms with Gasteiger partial charge < -0.3 is 0 Å². The van der Waals surface area contributed by atoms with Gasteiger partial charge >= 0.3 is 0 Å². The number of benzene rings is 1. The molecule has 0 saturated carbocycles. The van der Waals surface area contributed by atoms with Gasteiger partial charge in [0.15, 0.2) is 4.96 Å². The number of hydrogen-bond acceptors (Lipinski definition) is 4. The van der Waals surface area contributed by atoms with E-state index in [9.17, 15) is 4.91 Å². The van der Waals surface area contributed by atoms with Gasteiger partial charge in [0, 0.05) is 22.2 Å². The third-order valence-electron chi connectivity index (χ3n) is 2.44. The molecule has 3 aromatic rings. The van der Waals surface area contributed by atoms with Crippen molar-refractivity contribution in [2.24, 2.45) is 5.18 Å². The van der Waals surface area contributed by atoms with Crippen LogP contribution in [0.15, 0.2) is 41.0 Å². The summed E-state index contributed by atoms with van der Waals surface area (Å²) >= 11 is 7.28. The Labute approximate surface area is 105 Å². The average molecular weight is 264 g/mol. The summed E-state index contributed by atoms with van der Waals surface area (Å²) in [6.07, 6.45) is 1.78. The molecule has 0 aliphatic rings. The highest BCUT2D eigenvalue weighted by molar-refractivity contribution is 7.15. The topological polar surface area (TPSA) is 46.7 Å². The first-order valence-electron chi connectivity index (χ1n) is 4.84. The van der Waals surface area contributed by atoms with E-state index in [1.807, 2.05) is 17.5 Å². The zero-order valence-corrected chi connectivity index (χ0v) is 10.1. The maximum atomic E-state index is 10.9. The molecule has 0 unspecified atom stereocenters. The molecule has 4 nitrogen and oxygen atoms in total. The fourth-order valence-electron chi connectivity index (χ4n) is 1.66. The van der Waals surface area contributed by atoms with Gasteiger partial charge in [-0.3, -0.25) is 4.40 Å². The van der Waals surface area contributed by atoms with Crippen molar-refractivity contribution in [1.29, 1.82) is 0 Å². The summed E-state index contributed by atoms with van der Waals surface area (Å²) in [7, 11) is 0. The van der Waals surface area contributed by atoms with Crippen molar-refractivity contribution < 1.29 is 0 Å². The second kappa shape index (κ2) is 3.94. The van der Waals surface area contributed by atoms with E-state index in [1.54, 1.807) is 22.7 Å². The van der Waals surface area contributed by atoms with Gasteiger partial charge in [0.25, 0.3) is 0 Å². The molecule has 3 rings (SSSR count). The van der Waals surface area contributed by atoms with E-state index >= 15 is 0 Å². The van der Waals surface area contributed by atoms with Crippen molar-refractivity contribution in [3.8, 4) is 11.3 Å². The third-order valence-corrected chi connectivity index (χ3v) is 3.45. The average Bonchev–Trinajstić information content (AvgIpc) is 2.89. The zero-order valence-electron chi connectivity index (χ0n) is 8.50. The van der Waals surface area contributed by atoms with Crippen molar-refractivity contribution in [3.05, 3.63) is 45.8 Å². The van der Waals surface area contributed by atoms with E-state index in [0.29, 0.717) is 16.5 Å². The summed E-state index contributed by atoms with van der Waals surface area (Å²) in [6.45, 7) is 0. The van der Waals surface area contributed by atoms with Crippen LogP contribution in [0.1, 0.15) is 0 Å². The Morgan fingerprint density at radius 3 is 2.76 bits per heavy atom. The summed E-state index contributed by atoms with van der Waals surface area (Å²) < 4.78 is 1.68. The van der Waals surface area contributed by atoms with Gasteiger partial charge in [0.1, 0.15) is 5.69 Å². The van der Waals surface area contributed by atoms with E-state index in [2.05, 4.69) is 10.2 Å². The van der Waals surface area contributed by atoms with Crippen LogP contribution in [0, 0.1) is 4.91 Å². The lowest BCUT2D eigenvalue weighted by atomic mass is 10.1. The first-order valence-corrected chi connectivity index (χ1v) is 6.10. The second-order valence-electron chi connectivity index (χ2n) is 3.44. The smallest absolute Gasteiger partial charge is 0.210 e. The molecule has 84 valence electrons. The molecule has 0 aliphatic heterocycles. The SMILES string of the molecule is O=Nc1c(-c2ccc(Cl)cc2)nc2sccn12. The molecular formula is C11H6ClN3OS. The molecule has 0 atom stereocenters. The van der Waals surface area contributed by atoms with Gasteiger partial charge in [-0.2, -0.15) is 0 Å². The van der Waals surface area contributed by atoms with E-state index in [-0.39, 0.29) is 0 Å². The number of nitrogens with zero attached hydrogens (tertiary/aromatic N) is 3. The number of halogens is 1. The van der Waals surface area contributed by atoms with Gasteiger partial charge in [-0.05, 0) is 17.3 Å². The predicted octanol–water partition coefficient (Wildman–Crippen LogP) is 4.11. The molecule has 0 aliphatic carbocycles. The summed E-state index contributed by atoms with van der Waals surface area (Å²) in [5.41, 5.74) is 1.42. The Hall–Kier alpha value is -1.72. The van der Waals surface area contributed by atoms with Crippen molar-refractivity contribution >= 4 is 33.7 Å². The Morgan fingerprint density at radius 2 is 2.06 bits per heavy atom. The van der Waals surface area contributed by atoms with Crippen molar-refractivity contribution in [3.63, 3.8) is 0 Å². The van der Waals surface area contributed by atoms with E-state index in [4.69, 9.17) is 11.6 Å². The molecule has 0 fully saturated rings. The zero-order chi connectivity index (χ0) is 11.8. The molecule has 2 heterocycles. The highest BCUT2D eigenvalue weighted by atomic mass is 35.5. The Balaban J connectivity index is 2.25. The molecule has 1 aromatic carbocycles. The van der Waals surface area contributed by atoms with Crippen LogP contribution in [0.5, 0.6) is 0 Å². The summed E-state index contributed by atoms with van der Waals surface area (Å²) in [5, 5.41) is 5.57. The molecule has 0 saturated heterocycles. The van der Waals surface area contributed by atoms with E-state index in [1.165, 1.54) is 11.3 Å². The molecular weight excluding hydrogens is 258 g/mol. The number of imidazole rings is 1. The van der Waals surface area contributed by atoms with Gasteiger partial charge in [-0.15, -0.1) is 16.2 Å². The fourth-order valence-corrected chi connectivity index (χ4v) is 2.50. The largest absolute Gasteiger partial charge is 0.272 e. The number of aromatic nitrogens is 2. The normalized spacial score (nSPS) is 10.9. The molecule has 6 heteroatoms. The first kappa shape index (κ1) is 10.4. The molecule has 0 radical (unpaired) electrons. The van der Waals surface area contributed by atoms with Crippen molar-refractivity contribution in [2.75, 3.05) is 0 Å². The van der Waals surface area contributed by atoms with E-state index < -0.39 is 0 Å². The highest BCUT2D eigenvalue weighted by Gasteiger charge is 2.15. The standard InChI is InChI=1S/C11H6ClN3OS/c12-8-3-1-7(2-4-8)9-10(14-16)15-5-6-17-11(15)13-9/h1-6H. The lowest BCUT2D eigenvalue weighted by Crippen LogP contribution is -1.78. The maximum absolute atomic E-state index is 10.9. The van der Waals surface area contributed by atoms with Crippen LogP contribution in [-0.2, 0) is 0 Å². The molecule has 0 amide bonds. The van der Waals surface area contributed by atoms with Crippen LogP contribution >= 0.6 is 22.9 Å². The second-order valence-corrected chi connectivity index (χ2v) is 4.75.